The number of pyridine rings is 1. The highest BCUT2D eigenvalue weighted by atomic mass is 79.9. The topological polar surface area (TPSA) is 101 Å². The normalized spacial score (nSPS) is 10.5. The van der Waals surface area contributed by atoms with E-state index in [1.165, 1.54) is 12.1 Å². The largest absolute Gasteiger partial charge is 0.438 e. The predicted octanol–water partition coefficient (Wildman–Crippen LogP) is 6.23. The van der Waals surface area contributed by atoms with Crippen molar-refractivity contribution in [3.05, 3.63) is 82.8 Å². The van der Waals surface area contributed by atoms with Crippen LogP contribution in [0.15, 0.2) is 71.5 Å². The number of hydrogen-bond acceptors (Lipinski definition) is 6. The summed E-state index contributed by atoms with van der Waals surface area (Å²) in [6.07, 6.45) is 3.30. The van der Waals surface area contributed by atoms with E-state index >= 15 is 0 Å². The Balaban J connectivity index is 1.49. The van der Waals surface area contributed by atoms with E-state index in [1.807, 2.05) is 13.0 Å². The molecule has 4 aromatic rings. The summed E-state index contributed by atoms with van der Waals surface area (Å²) in [5.74, 6) is 0.988. The van der Waals surface area contributed by atoms with Crippen LogP contribution in [0.4, 0.5) is 26.5 Å². The lowest BCUT2D eigenvalue weighted by Crippen LogP contribution is -2.19. The molecule has 172 valence electrons. The predicted molar refractivity (Wildman–Crippen MR) is 133 cm³/mol. The minimum Gasteiger partial charge on any atom is -0.438 e. The average Bonchev–Trinajstić information content (AvgIpc) is 2.83. The van der Waals surface area contributed by atoms with E-state index in [-0.39, 0.29) is 0 Å². The number of amides is 2. The summed E-state index contributed by atoms with van der Waals surface area (Å²) in [6.45, 7) is 1.86. The van der Waals surface area contributed by atoms with Crippen molar-refractivity contribution in [2.24, 2.45) is 0 Å². The molecule has 0 aliphatic rings. The Bertz CT molecular complexity index is 1350. The van der Waals surface area contributed by atoms with Gasteiger partial charge in [-0.25, -0.2) is 24.1 Å². The van der Waals surface area contributed by atoms with Gasteiger partial charge in [0.05, 0.1) is 15.7 Å². The highest BCUT2D eigenvalue weighted by Crippen LogP contribution is 2.33. The Labute approximate surface area is 203 Å². The second-order valence-corrected chi connectivity index (χ2v) is 8.02. The number of urea groups is 1. The van der Waals surface area contributed by atoms with Crippen LogP contribution < -0.4 is 20.7 Å². The molecule has 2 aromatic heterocycles. The van der Waals surface area contributed by atoms with Crippen LogP contribution in [0.5, 0.6) is 11.6 Å². The number of aryl methyl sites for hydroxylation is 1. The number of anilines is 3. The number of benzene rings is 2. The maximum absolute atomic E-state index is 13.7. The van der Waals surface area contributed by atoms with E-state index < -0.39 is 11.8 Å². The van der Waals surface area contributed by atoms with Gasteiger partial charge >= 0.3 is 6.03 Å². The number of aromatic nitrogens is 3. The molecule has 0 saturated carbocycles. The lowest BCUT2D eigenvalue weighted by Gasteiger charge is -2.13. The lowest BCUT2D eigenvalue weighted by atomic mass is 10.2. The molecule has 0 atom stereocenters. The van der Waals surface area contributed by atoms with E-state index in [1.54, 1.807) is 55.8 Å². The average molecular weight is 523 g/mol. The van der Waals surface area contributed by atoms with Gasteiger partial charge in [0.15, 0.2) is 0 Å². The first-order valence-electron chi connectivity index (χ1n) is 10.2. The van der Waals surface area contributed by atoms with E-state index in [0.717, 1.165) is 5.56 Å². The Hall–Kier alpha value is -4.05. The summed E-state index contributed by atoms with van der Waals surface area (Å²) in [5, 5.41) is 8.24. The van der Waals surface area contributed by atoms with E-state index in [0.29, 0.717) is 44.7 Å². The van der Waals surface area contributed by atoms with Crippen LogP contribution in [0.3, 0.4) is 0 Å². The van der Waals surface area contributed by atoms with Crippen LogP contribution in [-0.2, 0) is 0 Å². The SMILES string of the molecule is CNc1nccc(-c2cccnc2Oc2ccc(NC(=O)Nc3ccc(Br)c(F)c3)cc2C)n1. The van der Waals surface area contributed by atoms with Crippen molar-refractivity contribution < 1.29 is 13.9 Å². The fourth-order valence-electron chi connectivity index (χ4n) is 3.11. The van der Waals surface area contributed by atoms with Gasteiger partial charge in [-0.2, -0.15) is 0 Å². The number of hydrogen-bond donors (Lipinski definition) is 3. The van der Waals surface area contributed by atoms with Gasteiger partial charge < -0.3 is 20.7 Å². The third kappa shape index (κ3) is 5.46. The number of rotatable bonds is 6. The van der Waals surface area contributed by atoms with Gasteiger partial charge in [-0.05, 0) is 83.0 Å². The van der Waals surface area contributed by atoms with Crippen molar-refractivity contribution in [2.75, 3.05) is 23.0 Å². The summed E-state index contributed by atoms with van der Waals surface area (Å²) in [5.41, 5.74) is 3.05. The third-order valence-corrected chi connectivity index (χ3v) is 5.39. The van der Waals surface area contributed by atoms with Crippen molar-refractivity contribution >= 4 is 39.3 Å². The molecule has 8 nitrogen and oxygen atoms in total. The monoisotopic (exact) mass is 522 g/mol. The number of halogens is 2. The quantitative estimate of drug-likeness (QED) is 0.277. The molecule has 34 heavy (non-hydrogen) atoms. The van der Waals surface area contributed by atoms with E-state index in [2.05, 4.69) is 46.8 Å². The van der Waals surface area contributed by atoms with Crippen LogP contribution in [-0.4, -0.2) is 28.0 Å². The fourth-order valence-corrected chi connectivity index (χ4v) is 3.36. The van der Waals surface area contributed by atoms with Gasteiger partial charge in [-0.3, -0.25) is 0 Å². The molecule has 2 heterocycles. The molecule has 0 radical (unpaired) electrons. The number of carbonyl (C=O) groups excluding carboxylic acids is 1. The first-order chi connectivity index (χ1) is 16.4. The molecule has 0 unspecified atom stereocenters. The van der Waals surface area contributed by atoms with Crippen molar-refractivity contribution in [1.82, 2.24) is 15.0 Å². The van der Waals surface area contributed by atoms with Gasteiger partial charge in [-0.15, -0.1) is 0 Å². The van der Waals surface area contributed by atoms with Gasteiger partial charge in [0.2, 0.25) is 11.8 Å². The molecule has 4 rings (SSSR count). The maximum atomic E-state index is 13.7. The van der Waals surface area contributed by atoms with Gasteiger partial charge in [0.25, 0.3) is 0 Å². The standard InChI is InChI=1S/C24H20BrFN6O2/c1-14-12-15(30-24(33)31-16-5-7-18(25)19(26)13-16)6-8-21(14)34-22-17(4-3-10-28-22)20-9-11-29-23(27-2)32-20/h3-13H,1-2H3,(H,27,29,32)(H2,30,31,33). The molecule has 0 bridgehead atoms. The fraction of sp³-hybridized carbons (Fsp3) is 0.0833. The Morgan fingerprint density at radius 2 is 1.76 bits per heavy atom. The van der Waals surface area contributed by atoms with Crippen LogP contribution in [0, 0.1) is 12.7 Å². The number of carbonyl (C=O) groups is 1. The van der Waals surface area contributed by atoms with Crippen LogP contribution >= 0.6 is 15.9 Å². The molecule has 3 N–H and O–H groups in total. The van der Waals surface area contributed by atoms with Crippen LogP contribution in [0.1, 0.15) is 5.56 Å². The highest BCUT2D eigenvalue weighted by Gasteiger charge is 2.13. The zero-order chi connectivity index (χ0) is 24.1. The van der Waals surface area contributed by atoms with Crippen molar-refractivity contribution in [2.45, 2.75) is 6.92 Å². The number of nitrogens with zero attached hydrogens (tertiary/aromatic N) is 3. The van der Waals surface area contributed by atoms with Gasteiger partial charge in [-0.1, -0.05) is 0 Å². The molecular formula is C24H20BrFN6O2. The molecule has 2 amide bonds. The second kappa shape index (κ2) is 10.3. The first-order valence-corrected chi connectivity index (χ1v) is 11.0. The van der Waals surface area contributed by atoms with Crippen LogP contribution in [0.2, 0.25) is 0 Å². The number of ether oxygens (including phenoxy) is 1. The molecule has 0 aliphatic heterocycles. The maximum Gasteiger partial charge on any atom is 0.323 e. The zero-order valence-electron chi connectivity index (χ0n) is 18.3. The molecule has 0 saturated heterocycles. The first kappa shape index (κ1) is 23.1. The van der Waals surface area contributed by atoms with E-state index in [9.17, 15) is 9.18 Å². The van der Waals surface area contributed by atoms with Crippen molar-refractivity contribution in [1.29, 1.82) is 0 Å². The minimum atomic E-state index is -0.495. The summed E-state index contributed by atoms with van der Waals surface area (Å²) in [6, 6.07) is 14.5. The van der Waals surface area contributed by atoms with E-state index in [4.69, 9.17) is 4.74 Å². The summed E-state index contributed by atoms with van der Waals surface area (Å²) in [7, 11) is 1.75. The molecular weight excluding hydrogens is 503 g/mol. The van der Waals surface area contributed by atoms with Crippen LogP contribution in [0.25, 0.3) is 11.3 Å². The molecule has 2 aromatic carbocycles. The summed E-state index contributed by atoms with van der Waals surface area (Å²) >= 11 is 3.08. The Morgan fingerprint density at radius 1 is 1.00 bits per heavy atom. The zero-order valence-corrected chi connectivity index (χ0v) is 19.9. The lowest BCUT2D eigenvalue weighted by molar-refractivity contribution is 0.262. The number of nitrogens with one attached hydrogen (secondary N) is 3. The summed E-state index contributed by atoms with van der Waals surface area (Å²) < 4.78 is 20.1. The smallest absolute Gasteiger partial charge is 0.323 e. The highest BCUT2D eigenvalue weighted by molar-refractivity contribution is 9.10. The molecule has 0 fully saturated rings. The minimum absolute atomic E-state index is 0.322. The Morgan fingerprint density at radius 3 is 2.50 bits per heavy atom. The molecule has 0 spiro atoms. The summed E-state index contributed by atoms with van der Waals surface area (Å²) in [4.78, 5) is 25.3. The molecule has 10 heteroatoms. The Kier molecular flexibility index (Phi) is 6.98. The second-order valence-electron chi connectivity index (χ2n) is 7.16. The van der Waals surface area contributed by atoms with Gasteiger partial charge in [0, 0.05) is 30.8 Å². The van der Waals surface area contributed by atoms with Gasteiger partial charge in [0.1, 0.15) is 11.6 Å². The molecule has 0 aliphatic carbocycles. The van der Waals surface area contributed by atoms with Crippen molar-refractivity contribution in [3.63, 3.8) is 0 Å². The van der Waals surface area contributed by atoms with Crippen molar-refractivity contribution in [3.8, 4) is 22.9 Å². The third-order valence-electron chi connectivity index (χ3n) is 4.74.